The molecule has 0 saturated carbocycles. The van der Waals surface area contributed by atoms with Crippen LogP contribution in [0.5, 0.6) is 0 Å². The van der Waals surface area contributed by atoms with Crippen LogP contribution in [-0.4, -0.2) is 17.5 Å². The van der Waals surface area contributed by atoms with Gasteiger partial charge in [-0.25, -0.2) is 7.58 Å². The molecule has 0 heterocycles. The standard InChI is InChI=1S/C5H11O3PS.2Na/c1-5(2,3-6)4-10-9(7)8;;/h6H,3-4H2,1-2H3;;/q-2;2*+1. The van der Waals surface area contributed by atoms with Crippen molar-refractivity contribution in [1.29, 1.82) is 0 Å². The summed E-state index contributed by atoms with van der Waals surface area (Å²) in [5.74, 6) is 0.447. The minimum atomic E-state index is -2.36. The molecule has 0 unspecified atom stereocenters. The molecular weight excluding hydrogens is 217 g/mol. The molecule has 0 aromatic heterocycles. The van der Waals surface area contributed by atoms with E-state index in [0.717, 1.165) is 11.4 Å². The van der Waals surface area contributed by atoms with E-state index in [1.165, 1.54) is 0 Å². The van der Waals surface area contributed by atoms with Gasteiger partial charge < -0.3 is 14.9 Å². The fourth-order valence-corrected chi connectivity index (χ4v) is 2.18. The van der Waals surface area contributed by atoms with E-state index in [-0.39, 0.29) is 71.1 Å². The van der Waals surface area contributed by atoms with Crippen LogP contribution in [0.4, 0.5) is 0 Å². The maximum Gasteiger partial charge on any atom is 1.00 e. The quantitative estimate of drug-likeness (QED) is 0.384. The van der Waals surface area contributed by atoms with Crippen LogP contribution in [-0.2, 0) is 0 Å². The van der Waals surface area contributed by atoms with Gasteiger partial charge in [-0.2, -0.15) is 11.4 Å². The molecule has 0 rings (SSSR count). The molecule has 0 aromatic rings. The first kappa shape index (κ1) is 20.1. The van der Waals surface area contributed by atoms with Crippen LogP contribution >= 0.6 is 19.0 Å². The minimum absolute atomic E-state index is 0. The Morgan fingerprint density at radius 1 is 1.33 bits per heavy atom. The number of hydrogen-bond acceptors (Lipinski definition) is 4. The number of aliphatic hydroxyl groups is 1. The molecule has 62 valence electrons. The topological polar surface area (TPSA) is 66.3 Å². The molecule has 0 radical (unpaired) electrons. The fourth-order valence-electron chi connectivity index (χ4n) is 0.273. The minimum Gasteiger partial charge on any atom is -0.834 e. The molecule has 0 amide bonds. The van der Waals surface area contributed by atoms with Gasteiger partial charge in [0, 0.05) is 12.4 Å². The molecule has 0 aromatic carbocycles. The predicted molar refractivity (Wildman–Crippen MR) is 40.2 cm³/mol. The van der Waals surface area contributed by atoms with Crippen LogP contribution in [0.3, 0.4) is 0 Å². The molecular formula is C5H11Na2O3PS. The number of rotatable bonds is 4. The summed E-state index contributed by atoms with van der Waals surface area (Å²) in [6, 6.07) is 0. The molecule has 0 aliphatic rings. The largest absolute Gasteiger partial charge is 1.00 e. The van der Waals surface area contributed by atoms with Crippen LogP contribution in [0.2, 0.25) is 0 Å². The SMILES string of the molecule is CC(C)(CO)CSP([O-])[O-].[Na+].[Na+]. The fraction of sp³-hybridized carbons (Fsp3) is 1.00. The van der Waals surface area contributed by atoms with E-state index in [9.17, 15) is 9.79 Å². The van der Waals surface area contributed by atoms with E-state index >= 15 is 0 Å². The Morgan fingerprint density at radius 3 is 2.00 bits per heavy atom. The van der Waals surface area contributed by atoms with Gasteiger partial charge in [0.1, 0.15) is 0 Å². The molecule has 1 N–H and O–H groups in total. The molecule has 0 aliphatic heterocycles. The van der Waals surface area contributed by atoms with Gasteiger partial charge in [0.15, 0.2) is 0 Å². The monoisotopic (exact) mass is 228 g/mol. The molecule has 0 bridgehead atoms. The summed E-state index contributed by atoms with van der Waals surface area (Å²) in [5, 5.41) is 8.70. The zero-order valence-electron chi connectivity index (χ0n) is 8.03. The van der Waals surface area contributed by atoms with Crippen molar-refractivity contribution in [3.8, 4) is 0 Å². The van der Waals surface area contributed by atoms with E-state index in [4.69, 9.17) is 5.11 Å². The molecule has 0 atom stereocenters. The average Bonchev–Trinajstić information content (AvgIpc) is 1.85. The third kappa shape index (κ3) is 12.7. The second kappa shape index (κ2) is 10.2. The van der Waals surface area contributed by atoms with Gasteiger partial charge >= 0.3 is 59.1 Å². The van der Waals surface area contributed by atoms with Crippen molar-refractivity contribution in [1.82, 2.24) is 0 Å². The summed E-state index contributed by atoms with van der Waals surface area (Å²) in [4.78, 5) is 20.2. The van der Waals surface area contributed by atoms with Gasteiger partial charge in [0.25, 0.3) is 0 Å². The summed E-state index contributed by atoms with van der Waals surface area (Å²) < 4.78 is 0. The molecule has 0 spiro atoms. The van der Waals surface area contributed by atoms with Crippen LogP contribution < -0.4 is 68.9 Å². The third-order valence-corrected chi connectivity index (χ3v) is 3.13. The van der Waals surface area contributed by atoms with Crippen LogP contribution in [0.25, 0.3) is 0 Å². The zero-order chi connectivity index (χ0) is 8.20. The molecule has 3 nitrogen and oxygen atoms in total. The first-order valence-electron chi connectivity index (χ1n) is 2.86. The first-order valence-corrected chi connectivity index (χ1v) is 5.63. The van der Waals surface area contributed by atoms with E-state index < -0.39 is 7.58 Å². The summed E-state index contributed by atoms with van der Waals surface area (Å²) >= 11 is 0.856. The van der Waals surface area contributed by atoms with Gasteiger partial charge in [-0.3, -0.25) is 0 Å². The molecule has 7 heteroatoms. The molecule has 0 saturated heterocycles. The Hall–Kier alpha value is 2.66. The van der Waals surface area contributed by atoms with Crippen LogP contribution in [0, 0.1) is 5.41 Å². The van der Waals surface area contributed by atoms with Gasteiger partial charge in [-0.15, -0.1) is 0 Å². The van der Waals surface area contributed by atoms with Crippen molar-refractivity contribution in [2.75, 3.05) is 12.4 Å². The average molecular weight is 228 g/mol. The third-order valence-electron chi connectivity index (χ3n) is 0.989. The van der Waals surface area contributed by atoms with Crippen LogP contribution in [0.15, 0.2) is 0 Å². The van der Waals surface area contributed by atoms with E-state index in [1.807, 2.05) is 13.8 Å². The smallest absolute Gasteiger partial charge is 0.834 e. The maximum absolute atomic E-state index is 10.1. The van der Waals surface area contributed by atoms with Crippen molar-refractivity contribution >= 4 is 19.0 Å². The van der Waals surface area contributed by atoms with Crippen molar-refractivity contribution < 1.29 is 74.0 Å². The first-order chi connectivity index (χ1) is 4.48. The Labute approximate surface area is 123 Å². The Bertz CT molecular complexity index is 105. The summed E-state index contributed by atoms with van der Waals surface area (Å²) in [7, 11) is -2.36. The predicted octanol–water partition coefficient (Wildman–Crippen LogP) is -6.31. The zero-order valence-corrected chi connectivity index (χ0v) is 13.7. The normalized spacial score (nSPS) is 10.5. The molecule has 0 fully saturated rings. The Balaban J connectivity index is -0.000000405. The number of aliphatic hydroxyl groups excluding tert-OH is 1. The van der Waals surface area contributed by atoms with Crippen molar-refractivity contribution in [2.45, 2.75) is 13.8 Å². The van der Waals surface area contributed by atoms with Gasteiger partial charge in [-0.1, -0.05) is 13.8 Å². The van der Waals surface area contributed by atoms with Crippen LogP contribution in [0.1, 0.15) is 13.8 Å². The Kier molecular flexibility index (Phi) is 17.1. The summed E-state index contributed by atoms with van der Waals surface area (Å²) in [6.07, 6.45) is 0. The van der Waals surface area contributed by atoms with Gasteiger partial charge in [0.2, 0.25) is 0 Å². The summed E-state index contributed by atoms with van der Waals surface area (Å²) in [5.41, 5.74) is -0.292. The van der Waals surface area contributed by atoms with E-state index in [2.05, 4.69) is 0 Å². The van der Waals surface area contributed by atoms with Crippen molar-refractivity contribution in [2.24, 2.45) is 5.41 Å². The summed E-state index contributed by atoms with van der Waals surface area (Å²) in [6.45, 7) is 3.65. The van der Waals surface area contributed by atoms with Crippen molar-refractivity contribution in [3.63, 3.8) is 0 Å². The Morgan fingerprint density at radius 2 is 1.75 bits per heavy atom. The van der Waals surface area contributed by atoms with Gasteiger partial charge in [0.05, 0.1) is 0 Å². The second-order valence-electron chi connectivity index (χ2n) is 2.82. The van der Waals surface area contributed by atoms with E-state index in [0.29, 0.717) is 5.75 Å². The number of hydrogen-bond donors (Lipinski definition) is 1. The molecule has 0 aliphatic carbocycles. The maximum atomic E-state index is 10.1. The van der Waals surface area contributed by atoms with Gasteiger partial charge in [-0.05, 0) is 5.41 Å². The second-order valence-corrected chi connectivity index (χ2v) is 5.48. The molecule has 12 heavy (non-hydrogen) atoms. The van der Waals surface area contributed by atoms with E-state index in [1.54, 1.807) is 0 Å². The van der Waals surface area contributed by atoms with Crippen molar-refractivity contribution in [3.05, 3.63) is 0 Å².